The molecule has 0 radical (unpaired) electrons. The number of hydrogen-bond acceptors (Lipinski definition) is 4. The van der Waals surface area contributed by atoms with E-state index in [0.717, 1.165) is 26.3 Å². The first kappa shape index (κ1) is 18.8. The quantitative estimate of drug-likeness (QED) is 0.555. The highest BCUT2D eigenvalue weighted by atomic mass is 16.5. The minimum Gasteiger partial charge on any atom is -0.379 e. The lowest BCUT2D eigenvalue weighted by atomic mass is 9.99. The summed E-state index contributed by atoms with van der Waals surface area (Å²) in [5.41, 5.74) is 0.228. The van der Waals surface area contributed by atoms with Crippen molar-refractivity contribution in [2.24, 2.45) is 11.3 Å². The third kappa shape index (κ3) is 17.8. The summed E-state index contributed by atoms with van der Waals surface area (Å²) >= 11 is 0. The molecule has 19 heavy (non-hydrogen) atoms. The SMILES string of the molecule is CC(C)CNCCOCCOCCOCC(C)(C)C. The summed E-state index contributed by atoms with van der Waals surface area (Å²) in [5.74, 6) is 0.691. The second-order valence-electron chi connectivity index (χ2n) is 6.44. The fraction of sp³-hybridized carbons (Fsp3) is 1.00. The molecule has 0 aromatic carbocycles. The van der Waals surface area contributed by atoms with Crippen LogP contribution in [0.4, 0.5) is 0 Å². The van der Waals surface area contributed by atoms with E-state index in [0.29, 0.717) is 32.3 Å². The lowest BCUT2D eigenvalue weighted by Gasteiger charge is -2.17. The highest BCUT2D eigenvalue weighted by Crippen LogP contribution is 2.12. The second kappa shape index (κ2) is 11.6. The Balaban J connectivity index is 3.03. The van der Waals surface area contributed by atoms with Gasteiger partial charge in [0.25, 0.3) is 0 Å². The van der Waals surface area contributed by atoms with Crippen molar-refractivity contribution in [2.45, 2.75) is 34.6 Å². The van der Waals surface area contributed by atoms with Gasteiger partial charge in [0.1, 0.15) is 0 Å². The minimum absolute atomic E-state index is 0.228. The van der Waals surface area contributed by atoms with E-state index in [1.165, 1.54) is 0 Å². The Hall–Kier alpha value is -0.160. The largest absolute Gasteiger partial charge is 0.379 e. The average molecular weight is 275 g/mol. The molecule has 0 bridgehead atoms. The van der Waals surface area contributed by atoms with E-state index in [-0.39, 0.29) is 5.41 Å². The van der Waals surface area contributed by atoms with Crippen molar-refractivity contribution in [2.75, 3.05) is 52.7 Å². The average Bonchev–Trinajstić information content (AvgIpc) is 2.28. The maximum absolute atomic E-state index is 5.50. The monoisotopic (exact) mass is 275 g/mol. The molecule has 0 saturated carbocycles. The van der Waals surface area contributed by atoms with Crippen LogP contribution in [0.2, 0.25) is 0 Å². The van der Waals surface area contributed by atoms with E-state index >= 15 is 0 Å². The van der Waals surface area contributed by atoms with Crippen LogP contribution < -0.4 is 5.32 Å². The van der Waals surface area contributed by atoms with Crippen molar-refractivity contribution in [1.29, 1.82) is 0 Å². The summed E-state index contributed by atoms with van der Waals surface area (Å²) in [4.78, 5) is 0. The smallest absolute Gasteiger partial charge is 0.0701 e. The van der Waals surface area contributed by atoms with Crippen molar-refractivity contribution in [1.82, 2.24) is 5.32 Å². The topological polar surface area (TPSA) is 39.7 Å². The van der Waals surface area contributed by atoms with Crippen LogP contribution in [-0.2, 0) is 14.2 Å². The van der Waals surface area contributed by atoms with Crippen LogP contribution in [0.15, 0.2) is 0 Å². The Morgan fingerprint density at radius 3 is 1.89 bits per heavy atom. The van der Waals surface area contributed by atoms with Crippen LogP contribution in [0.1, 0.15) is 34.6 Å². The zero-order chi connectivity index (χ0) is 14.6. The highest BCUT2D eigenvalue weighted by Gasteiger charge is 2.09. The van der Waals surface area contributed by atoms with Gasteiger partial charge in [-0.1, -0.05) is 34.6 Å². The van der Waals surface area contributed by atoms with Crippen molar-refractivity contribution < 1.29 is 14.2 Å². The maximum atomic E-state index is 5.50. The number of rotatable bonds is 12. The Bertz CT molecular complexity index is 190. The molecule has 0 saturated heterocycles. The van der Waals surface area contributed by atoms with Gasteiger partial charge in [-0.05, 0) is 17.9 Å². The molecule has 0 aromatic heterocycles. The molecule has 0 fully saturated rings. The lowest BCUT2D eigenvalue weighted by Crippen LogP contribution is -2.24. The fourth-order valence-electron chi connectivity index (χ4n) is 1.35. The molecule has 0 rings (SSSR count). The molecule has 0 amide bonds. The first-order valence-electron chi connectivity index (χ1n) is 7.36. The van der Waals surface area contributed by atoms with Gasteiger partial charge in [-0.15, -0.1) is 0 Å². The van der Waals surface area contributed by atoms with E-state index in [2.05, 4.69) is 39.9 Å². The minimum atomic E-state index is 0.228. The fourth-order valence-corrected chi connectivity index (χ4v) is 1.35. The molecule has 0 unspecified atom stereocenters. The van der Waals surface area contributed by atoms with Gasteiger partial charge in [0, 0.05) is 6.54 Å². The van der Waals surface area contributed by atoms with Crippen molar-refractivity contribution in [3.8, 4) is 0 Å². The van der Waals surface area contributed by atoms with Crippen LogP contribution in [0.25, 0.3) is 0 Å². The predicted octanol–water partition coefficient (Wildman–Crippen LogP) is 2.33. The van der Waals surface area contributed by atoms with Crippen molar-refractivity contribution >= 4 is 0 Å². The van der Waals surface area contributed by atoms with E-state index in [1.54, 1.807) is 0 Å². The maximum Gasteiger partial charge on any atom is 0.0701 e. The van der Waals surface area contributed by atoms with Gasteiger partial charge in [0.2, 0.25) is 0 Å². The van der Waals surface area contributed by atoms with E-state index in [9.17, 15) is 0 Å². The second-order valence-corrected chi connectivity index (χ2v) is 6.44. The molecule has 0 aromatic rings. The van der Waals surface area contributed by atoms with Gasteiger partial charge < -0.3 is 19.5 Å². The predicted molar refractivity (Wildman–Crippen MR) is 79.6 cm³/mol. The van der Waals surface area contributed by atoms with E-state index in [1.807, 2.05) is 0 Å². The molecule has 0 heterocycles. The normalized spacial score (nSPS) is 12.3. The van der Waals surface area contributed by atoms with Crippen LogP contribution in [0.3, 0.4) is 0 Å². The van der Waals surface area contributed by atoms with Gasteiger partial charge in [0.05, 0.1) is 39.6 Å². The first-order valence-corrected chi connectivity index (χ1v) is 7.36. The molecule has 1 N–H and O–H groups in total. The molecule has 116 valence electrons. The third-order valence-electron chi connectivity index (χ3n) is 2.25. The van der Waals surface area contributed by atoms with Gasteiger partial charge >= 0.3 is 0 Å². The Labute approximate surface area is 119 Å². The number of nitrogens with one attached hydrogen (secondary N) is 1. The van der Waals surface area contributed by atoms with Crippen LogP contribution in [0.5, 0.6) is 0 Å². The van der Waals surface area contributed by atoms with Gasteiger partial charge in [-0.2, -0.15) is 0 Å². The van der Waals surface area contributed by atoms with Crippen LogP contribution >= 0.6 is 0 Å². The molecule has 0 spiro atoms. The van der Waals surface area contributed by atoms with E-state index < -0.39 is 0 Å². The van der Waals surface area contributed by atoms with E-state index in [4.69, 9.17) is 14.2 Å². The lowest BCUT2D eigenvalue weighted by molar-refractivity contribution is -0.000309. The summed E-state index contributed by atoms with van der Waals surface area (Å²) < 4.78 is 16.4. The molecule has 4 heteroatoms. The van der Waals surface area contributed by atoms with Crippen LogP contribution in [-0.4, -0.2) is 52.7 Å². The molecule has 0 atom stereocenters. The van der Waals surface area contributed by atoms with Gasteiger partial charge in [-0.25, -0.2) is 0 Å². The molecule has 4 nitrogen and oxygen atoms in total. The Morgan fingerprint density at radius 2 is 1.37 bits per heavy atom. The third-order valence-corrected chi connectivity index (χ3v) is 2.25. The zero-order valence-corrected chi connectivity index (χ0v) is 13.5. The molecule has 0 aliphatic rings. The summed E-state index contributed by atoms with van der Waals surface area (Å²) in [6.07, 6.45) is 0. The van der Waals surface area contributed by atoms with Gasteiger partial charge in [0.15, 0.2) is 0 Å². The summed E-state index contributed by atoms with van der Waals surface area (Å²) in [5, 5.41) is 3.33. The standard InChI is InChI=1S/C15H33NO3/c1-14(2)12-16-6-7-17-8-9-18-10-11-19-13-15(3,4)5/h14,16H,6-13H2,1-5H3. The summed E-state index contributed by atoms with van der Waals surface area (Å²) in [6.45, 7) is 17.0. The molecular formula is C15H33NO3. The number of hydrogen-bond donors (Lipinski definition) is 1. The summed E-state index contributed by atoms with van der Waals surface area (Å²) in [7, 11) is 0. The Morgan fingerprint density at radius 1 is 0.842 bits per heavy atom. The van der Waals surface area contributed by atoms with Crippen molar-refractivity contribution in [3.05, 3.63) is 0 Å². The Kier molecular flexibility index (Phi) is 11.6. The zero-order valence-electron chi connectivity index (χ0n) is 13.5. The number of ether oxygens (including phenoxy) is 3. The first-order chi connectivity index (χ1) is 8.92. The van der Waals surface area contributed by atoms with Crippen LogP contribution in [0, 0.1) is 11.3 Å². The molecule has 0 aliphatic carbocycles. The summed E-state index contributed by atoms with van der Waals surface area (Å²) in [6, 6.07) is 0. The molecule has 0 aliphatic heterocycles. The van der Waals surface area contributed by atoms with Gasteiger partial charge in [-0.3, -0.25) is 0 Å². The van der Waals surface area contributed by atoms with Crippen molar-refractivity contribution in [3.63, 3.8) is 0 Å². The highest BCUT2D eigenvalue weighted by molar-refractivity contribution is 4.58. The molecular weight excluding hydrogens is 242 g/mol.